The first-order chi connectivity index (χ1) is 13.5. The van der Waals surface area contributed by atoms with Crippen LogP contribution in [0.1, 0.15) is 42.9 Å². The minimum Gasteiger partial charge on any atom is -0.405 e. The molecule has 8 heteroatoms. The van der Waals surface area contributed by atoms with Crippen LogP contribution in [0, 0.1) is 5.92 Å². The van der Waals surface area contributed by atoms with E-state index in [0.717, 1.165) is 43.6 Å². The number of nitrogens with zero attached hydrogens (tertiary/aromatic N) is 1. The minimum absolute atomic E-state index is 0.169. The Hall–Kier alpha value is -2.06. The third-order valence-corrected chi connectivity index (χ3v) is 5.87. The van der Waals surface area contributed by atoms with E-state index in [1.165, 1.54) is 12.1 Å². The van der Waals surface area contributed by atoms with Crippen molar-refractivity contribution in [1.82, 2.24) is 10.5 Å². The van der Waals surface area contributed by atoms with E-state index in [9.17, 15) is 13.2 Å². The number of ether oxygens (including phenoxy) is 2. The largest absolute Gasteiger partial charge is 0.573 e. The van der Waals surface area contributed by atoms with Crippen molar-refractivity contribution in [1.29, 1.82) is 0 Å². The molecule has 1 saturated heterocycles. The summed E-state index contributed by atoms with van der Waals surface area (Å²) in [4.78, 5) is 0. The molecule has 5 rings (SSSR count). The summed E-state index contributed by atoms with van der Waals surface area (Å²) in [5.74, 6) is 1.23. The van der Waals surface area contributed by atoms with Crippen LogP contribution in [0.3, 0.4) is 0 Å². The molecule has 28 heavy (non-hydrogen) atoms. The van der Waals surface area contributed by atoms with Crippen LogP contribution < -0.4 is 10.1 Å². The Kier molecular flexibility index (Phi) is 4.35. The zero-order chi connectivity index (χ0) is 19.3. The van der Waals surface area contributed by atoms with Gasteiger partial charge in [-0.15, -0.1) is 13.2 Å². The van der Waals surface area contributed by atoms with Gasteiger partial charge >= 0.3 is 6.36 Å². The second kappa shape index (κ2) is 6.77. The van der Waals surface area contributed by atoms with Crippen molar-refractivity contribution in [3.63, 3.8) is 0 Å². The molecule has 3 atom stereocenters. The van der Waals surface area contributed by atoms with Crippen molar-refractivity contribution in [3.8, 4) is 17.0 Å². The molecule has 1 aromatic carbocycles. The predicted molar refractivity (Wildman–Crippen MR) is 93.7 cm³/mol. The maximum absolute atomic E-state index is 12.8. The third-order valence-electron chi connectivity index (χ3n) is 5.87. The molecule has 150 valence electrons. The lowest BCUT2D eigenvalue weighted by Crippen LogP contribution is -2.34. The minimum atomic E-state index is -4.77. The Morgan fingerprint density at radius 2 is 2.00 bits per heavy atom. The van der Waals surface area contributed by atoms with Gasteiger partial charge in [0.1, 0.15) is 17.2 Å². The van der Waals surface area contributed by atoms with E-state index >= 15 is 0 Å². The van der Waals surface area contributed by atoms with Gasteiger partial charge in [-0.1, -0.05) is 17.3 Å². The van der Waals surface area contributed by atoms with Gasteiger partial charge < -0.3 is 19.3 Å². The number of piperidine rings is 1. The number of nitrogens with one attached hydrogen (secondary N) is 1. The van der Waals surface area contributed by atoms with Gasteiger partial charge in [0.05, 0.1) is 12.7 Å². The molecule has 0 radical (unpaired) electrons. The lowest BCUT2D eigenvalue weighted by atomic mass is 10.0. The van der Waals surface area contributed by atoms with E-state index in [1.807, 2.05) is 0 Å². The topological polar surface area (TPSA) is 56.5 Å². The zero-order valence-corrected chi connectivity index (χ0v) is 15.2. The Labute approximate surface area is 160 Å². The smallest absolute Gasteiger partial charge is 0.405 e. The van der Waals surface area contributed by atoms with E-state index in [0.29, 0.717) is 24.3 Å². The van der Waals surface area contributed by atoms with Gasteiger partial charge in [-0.05, 0) is 43.7 Å². The molecular weight excluding hydrogens is 373 g/mol. The standard InChI is InChI=1S/C20H21F3N2O3/c21-20(22,23)27-16-4-2-1-3-14(16)18-15(19(28-25-18)11-5-6-11)10-26-17-8-13-7-12(17)9-24-13/h1-4,11-13,17,24H,5-10H2/t12?,13?,17-/m1/s1. The quantitative estimate of drug-likeness (QED) is 0.788. The van der Waals surface area contributed by atoms with Gasteiger partial charge in [0.15, 0.2) is 0 Å². The number of benzene rings is 1. The van der Waals surface area contributed by atoms with Gasteiger partial charge in [-0.25, -0.2) is 0 Å². The van der Waals surface area contributed by atoms with Gasteiger partial charge in [0, 0.05) is 29.6 Å². The van der Waals surface area contributed by atoms with E-state index in [-0.39, 0.29) is 23.3 Å². The number of halogens is 3. The zero-order valence-electron chi connectivity index (χ0n) is 15.2. The number of hydrogen-bond donors (Lipinski definition) is 1. The summed E-state index contributed by atoms with van der Waals surface area (Å²) in [6.45, 7) is 1.25. The molecule has 3 fully saturated rings. The Morgan fingerprint density at radius 1 is 1.18 bits per heavy atom. The number of fused-ring (bicyclic) bond motifs is 2. The molecule has 2 unspecified atom stereocenters. The van der Waals surface area contributed by atoms with Gasteiger partial charge in [0.2, 0.25) is 0 Å². The maximum Gasteiger partial charge on any atom is 0.573 e. The number of alkyl halides is 3. The highest BCUT2D eigenvalue weighted by Gasteiger charge is 2.41. The first-order valence-corrected chi connectivity index (χ1v) is 9.66. The first kappa shape index (κ1) is 18.0. The van der Waals surface area contributed by atoms with Gasteiger partial charge in [-0.3, -0.25) is 0 Å². The molecule has 5 nitrogen and oxygen atoms in total. The van der Waals surface area contributed by atoms with Crippen molar-refractivity contribution < 1.29 is 27.2 Å². The molecule has 2 aliphatic carbocycles. The molecule has 2 heterocycles. The molecule has 2 saturated carbocycles. The van der Waals surface area contributed by atoms with Crippen molar-refractivity contribution in [3.05, 3.63) is 35.6 Å². The summed E-state index contributed by atoms with van der Waals surface area (Å²) in [6.07, 6.45) is -0.508. The van der Waals surface area contributed by atoms with Crippen molar-refractivity contribution >= 4 is 0 Å². The molecule has 1 aromatic heterocycles. The summed E-state index contributed by atoms with van der Waals surface area (Å²) < 4.78 is 54.4. The van der Waals surface area contributed by atoms with Gasteiger partial charge in [-0.2, -0.15) is 0 Å². The molecule has 0 amide bonds. The highest BCUT2D eigenvalue weighted by Crippen LogP contribution is 2.46. The van der Waals surface area contributed by atoms with Crippen LogP contribution in [0.2, 0.25) is 0 Å². The second-order valence-electron chi connectivity index (χ2n) is 7.88. The van der Waals surface area contributed by atoms with E-state index in [1.54, 1.807) is 12.1 Å². The number of para-hydroxylation sites is 1. The third kappa shape index (κ3) is 3.51. The summed E-state index contributed by atoms with van der Waals surface area (Å²) in [6, 6.07) is 6.54. The van der Waals surface area contributed by atoms with Crippen LogP contribution in [-0.2, 0) is 11.3 Å². The maximum atomic E-state index is 12.8. The SMILES string of the molecule is FC(F)(F)Oc1ccccc1-c1noc(C2CC2)c1CO[C@@H]1CC2CC1CN2. The van der Waals surface area contributed by atoms with Crippen molar-refractivity contribution in [2.24, 2.45) is 5.92 Å². The summed E-state index contributed by atoms with van der Waals surface area (Å²) in [5, 5.41) is 7.57. The molecule has 2 bridgehead atoms. The lowest BCUT2D eigenvalue weighted by molar-refractivity contribution is -0.274. The molecule has 0 spiro atoms. The number of aromatic nitrogens is 1. The van der Waals surface area contributed by atoms with Gasteiger partial charge in [0.25, 0.3) is 0 Å². The van der Waals surface area contributed by atoms with Crippen LogP contribution in [0.15, 0.2) is 28.8 Å². The van der Waals surface area contributed by atoms with Crippen molar-refractivity contribution in [2.45, 2.75) is 56.7 Å². The predicted octanol–water partition coefficient (Wildman–Crippen LogP) is 4.38. The van der Waals surface area contributed by atoms with E-state index in [4.69, 9.17) is 9.26 Å². The molecule has 2 aromatic rings. The first-order valence-electron chi connectivity index (χ1n) is 9.66. The normalized spacial score (nSPS) is 26.8. The Bertz CT molecular complexity index is 863. The van der Waals surface area contributed by atoms with Crippen molar-refractivity contribution in [2.75, 3.05) is 6.54 Å². The number of hydrogen-bond acceptors (Lipinski definition) is 5. The Morgan fingerprint density at radius 3 is 2.68 bits per heavy atom. The highest BCUT2D eigenvalue weighted by atomic mass is 19.4. The fraction of sp³-hybridized carbons (Fsp3) is 0.550. The summed E-state index contributed by atoms with van der Waals surface area (Å²) >= 11 is 0. The molecule has 1 aliphatic heterocycles. The van der Waals surface area contributed by atoms with E-state index < -0.39 is 6.36 Å². The summed E-state index contributed by atoms with van der Waals surface area (Å²) in [7, 11) is 0. The van der Waals surface area contributed by atoms with Crippen LogP contribution in [0.25, 0.3) is 11.3 Å². The van der Waals surface area contributed by atoms with Crippen LogP contribution in [-0.4, -0.2) is 30.2 Å². The van der Waals surface area contributed by atoms with Crippen LogP contribution >= 0.6 is 0 Å². The highest BCUT2D eigenvalue weighted by molar-refractivity contribution is 5.70. The average Bonchev–Trinajstić information content (AvgIpc) is 3.09. The lowest BCUT2D eigenvalue weighted by Gasteiger charge is -2.23. The Balaban J connectivity index is 1.44. The second-order valence-corrected chi connectivity index (χ2v) is 7.88. The van der Waals surface area contributed by atoms with Crippen LogP contribution in [0.4, 0.5) is 13.2 Å². The molecular formula is C20H21F3N2O3. The monoisotopic (exact) mass is 394 g/mol. The number of rotatable bonds is 6. The fourth-order valence-electron chi connectivity index (χ4n) is 4.40. The summed E-state index contributed by atoms with van der Waals surface area (Å²) in [5.41, 5.74) is 1.39. The van der Waals surface area contributed by atoms with Crippen LogP contribution in [0.5, 0.6) is 5.75 Å². The molecule has 3 aliphatic rings. The average molecular weight is 394 g/mol. The fourth-order valence-corrected chi connectivity index (χ4v) is 4.40. The van der Waals surface area contributed by atoms with E-state index in [2.05, 4.69) is 15.2 Å². The molecule has 1 N–H and O–H groups in total.